The lowest BCUT2D eigenvalue weighted by molar-refractivity contribution is 0.0363. The highest BCUT2D eigenvalue weighted by Gasteiger charge is 2.39. The van der Waals surface area contributed by atoms with Gasteiger partial charge in [-0.2, -0.15) is 0 Å². The quantitative estimate of drug-likeness (QED) is 0.569. The summed E-state index contributed by atoms with van der Waals surface area (Å²) in [5, 5.41) is 19.0. The molecule has 1 aliphatic rings. The summed E-state index contributed by atoms with van der Waals surface area (Å²) < 4.78 is 0. The molecular weight excluding hydrogens is 180 g/mol. The molecule has 0 aliphatic heterocycles. The molecule has 1 aromatic heterocycles. The van der Waals surface area contributed by atoms with Crippen LogP contribution in [0.3, 0.4) is 0 Å². The van der Waals surface area contributed by atoms with Gasteiger partial charge in [0.1, 0.15) is 0 Å². The van der Waals surface area contributed by atoms with Gasteiger partial charge in [-0.25, -0.2) is 0 Å². The van der Waals surface area contributed by atoms with Gasteiger partial charge < -0.3 is 15.9 Å². The van der Waals surface area contributed by atoms with Gasteiger partial charge in [0, 0.05) is 24.4 Å². The number of hydrogen-bond donors (Lipinski definition) is 3. The number of nitrogens with two attached hydrogens (primary N) is 1. The minimum atomic E-state index is -0.812. The van der Waals surface area contributed by atoms with Crippen LogP contribution in [0.5, 0.6) is 0 Å². The van der Waals surface area contributed by atoms with Gasteiger partial charge in [-0.05, 0) is 24.1 Å². The molecule has 76 valence electrons. The van der Waals surface area contributed by atoms with Crippen molar-refractivity contribution in [1.29, 1.82) is 0 Å². The molecule has 2 rings (SSSR count). The first kappa shape index (κ1) is 9.58. The Morgan fingerprint density at radius 1 is 1.29 bits per heavy atom. The van der Waals surface area contributed by atoms with Gasteiger partial charge in [-0.3, -0.25) is 4.98 Å². The van der Waals surface area contributed by atoms with Crippen molar-refractivity contribution in [2.75, 3.05) is 0 Å². The van der Waals surface area contributed by atoms with E-state index in [-0.39, 0.29) is 12.0 Å². The first-order chi connectivity index (χ1) is 6.70. The minimum absolute atomic E-state index is 0.0306. The number of hydrogen-bond acceptors (Lipinski definition) is 4. The largest absolute Gasteiger partial charge is 0.390 e. The summed E-state index contributed by atoms with van der Waals surface area (Å²) in [5.41, 5.74) is 6.85. The Bertz CT molecular complexity index is 304. The maximum absolute atomic E-state index is 9.51. The number of aromatic nitrogens is 1. The highest BCUT2D eigenvalue weighted by atomic mass is 16.3. The third-order valence-corrected chi connectivity index (χ3v) is 2.88. The first-order valence-corrected chi connectivity index (χ1v) is 4.72. The van der Waals surface area contributed by atoms with Crippen LogP contribution in [-0.2, 0) is 0 Å². The lowest BCUT2D eigenvalue weighted by atomic mass is 9.95. The lowest BCUT2D eigenvalue weighted by Gasteiger charge is -2.16. The Morgan fingerprint density at radius 3 is 2.43 bits per heavy atom. The molecule has 0 radical (unpaired) electrons. The van der Waals surface area contributed by atoms with Gasteiger partial charge in [0.25, 0.3) is 0 Å². The fraction of sp³-hybridized carbons (Fsp3) is 0.500. The Kier molecular flexibility index (Phi) is 2.50. The van der Waals surface area contributed by atoms with Gasteiger partial charge in [-0.1, -0.05) is 0 Å². The van der Waals surface area contributed by atoms with E-state index in [0.717, 1.165) is 5.56 Å². The molecule has 1 saturated carbocycles. The maximum atomic E-state index is 9.51. The third kappa shape index (κ3) is 1.52. The predicted molar refractivity (Wildman–Crippen MR) is 51.6 cm³/mol. The fourth-order valence-corrected chi connectivity index (χ4v) is 2.02. The Morgan fingerprint density at radius 2 is 1.93 bits per heavy atom. The van der Waals surface area contributed by atoms with Crippen LogP contribution >= 0.6 is 0 Å². The van der Waals surface area contributed by atoms with E-state index in [1.807, 2.05) is 12.1 Å². The molecule has 0 bridgehead atoms. The summed E-state index contributed by atoms with van der Waals surface area (Å²) in [4.78, 5) is 3.91. The zero-order chi connectivity index (χ0) is 10.1. The summed E-state index contributed by atoms with van der Waals surface area (Å²) >= 11 is 0. The molecular formula is C10H14N2O2. The molecule has 4 nitrogen and oxygen atoms in total. The topological polar surface area (TPSA) is 79.4 Å². The van der Waals surface area contributed by atoms with Crippen molar-refractivity contribution in [3.63, 3.8) is 0 Å². The average molecular weight is 194 g/mol. The molecule has 14 heavy (non-hydrogen) atoms. The van der Waals surface area contributed by atoms with Gasteiger partial charge in [0.05, 0.1) is 12.2 Å². The molecule has 1 unspecified atom stereocenters. The van der Waals surface area contributed by atoms with Gasteiger partial charge in [0.15, 0.2) is 0 Å². The summed E-state index contributed by atoms with van der Waals surface area (Å²) in [6.45, 7) is 0. The van der Waals surface area contributed by atoms with Crippen LogP contribution < -0.4 is 5.73 Å². The van der Waals surface area contributed by atoms with Crippen molar-refractivity contribution in [1.82, 2.24) is 4.98 Å². The summed E-state index contributed by atoms with van der Waals surface area (Å²) in [6, 6.07) is 3.36. The van der Waals surface area contributed by atoms with Crippen molar-refractivity contribution in [2.45, 2.75) is 30.6 Å². The van der Waals surface area contributed by atoms with E-state index in [1.165, 1.54) is 0 Å². The smallest absolute Gasteiger partial charge is 0.0955 e. The zero-order valence-electron chi connectivity index (χ0n) is 7.74. The Hall–Kier alpha value is -0.970. The van der Waals surface area contributed by atoms with Crippen LogP contribution in [-0.4, -0.2) is 33.4 Å². The normalized spacial score (nSPS) is 37.4. The summed E-state index contributed by atoms with van der Waals surface area (Å²) in [5.74, 6) is 0.0306. The SMILES string of the molecule is N[C@H]1C(c2ccncc2)C[C@@H](O)[C@@H]1O. The van der Waals surface area contributed by atoms with Crippen LogP contribution in [0.1, 0.15) is 17.9 Å². The molecule has 0 amide bonds. The van der Waals surface area contributed by atoms with E-state index in [2.05, 4.69) is 4.98 Å². The molecule has 4 N–H and O–H groups in total. The van der Waals surface area contributed by atoms with Crippen molar-refractivity contribution in [3.8, 4) is 0 Å². The molecule has 1 aromatic rings. The Labute approximate surface area is 82.4 Å². The van der Waals surface area contributed by atoms with Crippen molar-refractivity contribution in [3.05, 3.63) is 30.1 Å². The maximum Gasteiger partial charge on any atom is 0.0955 e. The van der Waals surface area contributed by atoms with Gasteiger partial charge in [0.2, 0.25) is 0 Å². The molecule has 0 saturated heterocycles. The van der Waals surface area contributed by atoms with Crippen molar-refractivity contribution < 1.29 is 10.2 Å². The van der Waals surface area contributed by atoms with E-state index in [9.17, 15) is 10.2 Å². The van der Waals surface area contributed by atoms with Crippen LogP contribution in [0.15, 0.2) is 24.5 Å². The second-order valence-corrected chi connectivity index (χ2v) is 3.76. The van der Waals surface area contributed by atoms with Crippen LogP contribution in [0, 0.1) is 0 Å². The highest BCUT2D eigenvalue weighted by Crippen LogP contribution is 2.33. The number of nitrogens with zero attached hydrogens (tertiary/aromatic N) is 1. The third-order valence-electron chi connectivity index (χ3n) is 2.88. The summed E-state index contributed by atoms with van der Waals surface area (Å²) in [6.07, 6.45) is 2.39. The van der Waals surface area contributed by atoms with Crippen LogP contribution in [0.25, 0.3) is 0 Å². The second kappa shape index (κ2) is 3.65. The molecule has 4 atom stereocenters. The Balaban J connectivity index is 2.21. The first-order valence-electron chi connectivity index (χ1n) is 4.72. The van der Waals surface area contributed by atoms with E-state index in [1.54, 1.807) is 12.4 Å². The van der Waals surface area contributed by atoms with Crippen LogP contribution in [0.2, 0.25) is 0 Å². The zero-order valence-corrected chi connectivity index (χ0v) is 7.74. The molecule has 1 heterocycles. The number of aliphatic hydroxyl groups is 2. The lowest BCUT2D eigenvalue weighted by Crippen LogP contribution is -2.37. The van der Waals surface area contributed by atoms with E-state index < -0.39 is 12.2 Å². The van der Waals surface area contributed by atoms with Gasteiger partial charge in [-0.15, -0.1) is 0 Å². The predicted octanol–water partition coefficient (Wildman–Crippen LogP) is -0.382. The summed E-state index contributed by atoms with van der Waals surface area (Å²) in [7, 11) is 0. The number of pyridine rings is 1. The fourth-order valence-electron chi connectivity index (χ4n) is 2.02. The minimum Gasteiger partial charge on any atom is -0.390 e. The monoisotopic (exact) mass is 194 g/mol. The molecule has 1 fully saturated rings. The average Bonchev–Trinajstić information content (AvgIpc) is 2.47. The number of aliphatic hydroxyl groups excluding tert-OH is 2. The standard InChI is InChI=1S/C10H14N2O2/c11-9-7(5-8(13)10(9)14)6-1-3-12-4-2-6/h1-4,7-10,13-14H,5,11H2/t7?,8-,9+,10+/m1/s1. The highest BCUT2D eigenvalue weighted by molar-refractivity contribution is 5.21. The number of rotatable bonds is 1. The molecule has 0 aromatic carbocycles. The van der Waals surface area contributed by atoms with Gasteiger partial charge >= 0.3 is 0 Å². The second-order valence-electron chi connectivity index (χ2n) is 3.76. The molecule has 4 heteroatoms. The van der Waals surface area contributed by atoms with Crippen molar-refractivity contribution in [2.24, 2.45) is 5.73 Å². The molecule has 1 aliphatic carbocycles. The van der Waals surface area contributed by atoms with Crippen LogP contribution in [0.4, 0.5) is 0 Å². The molecule has 0 spiro atoms. The van der Waals surface area contributed by atoms with E-state index in [0.29, 0.717) is 6.42 Å². The van der Waals surface area contributed by atoms with E-state index >= 15 is 0 Å². The van der Waals surface area contributed by atoms with E-state index in [4.69, 9.17) is 5.73 Å². The van der Waals surface area contributed by atoms with Crippen molar-refractivity contribution >= 4 is 0 Å².